The van der Waals surface area contributed by atoms with Crippen molar-refractivity contribution in [3.63, 3.8) is 0 Å². The lowest BCUT2D eigenvalue weighted by Gasteiger charge is -2.13. The highest BCUT2D eigenvalue weighted by atomic mass is 16.5. The number of anilines is 1. The topological polar surface area (TPSA) is 79.1 Å². The Kier molecular flexibility index (Phi) is 4.19. The number of methoxy groups -OCH3 is 1. The van der Waals surface area contributed by atoms with Gasteiger partial charge in [0.05, 0.1) is 13.2 Å². The molecule has 0 saturated heterocycles. The molecule has 6 heteroatoms. The summed E-state index contributed by atoms with van der Waals surface area (Å²) < 4.78 is 4.83. The van der Waals surface area contributed by atoms with Gasteiger partial charge in [0.1, 0.15) is 11.8 Å². The molecule has 1 heterocycles. The van der Waals surface area contributed by atoms with Gasteiger partial charge in [-0.15, -0.1) is 0 Å². The van der Waals surface area contributed by atoms with E-state index in [0.717, 1.165) is 0 Å². The second kappa shape index (κ2) is 5.67. The molecule has 0 fully saturated rings. The van der Waals surface area contributed by atoms with Gasteiger partial charge < -0.3 is 4.74 Å². The first-order valence-electron chi connectivity index (χ1n) is 4.26. The number of hydrogen-bond acceptors (Lipinski definition) is 5. The number of hydrogen-bond donors (Lipinski definition) is 0. The number of aromatic nitrogens is 2. The molecular formula is C9H10N4O2. The first-order chi connectivity index (χ1) is 7.31. The first-order valence-corrected chi connectivity index (χ1v) is 4.26. The molecule has 1 aromatic rings. The van der Waals surface area contributed by atoms with Crippen molar-refractivity contribution in [3.8, 4) is 6.07 Å². The minimum Gasteiger partial charge on any atom is -0.383 e. The molecule has 0 aliphatic carbocycles. The number of nitrogens with zero attached hydrogens (tertiary/aromatic N) is 4. The zero-order valence-corrected chi connectivity index (χ0v) is 8.25. The summed E-state index contributed by atoms with van der Waals surface area (Å²) in [6, 6.07) is 3.35. The molecule has 1 aromatic heterocycles. The highest BCUT2D eigenvalue weighted by Crippen LogP contribution is 2.04. The van der Waals surface area contributed by atoms with Crippen molar-refractivity contribution in [2.75, 3.05) is 25.2 Å². The third kappa shape index (κ3) is 3.00. The van der Waals surface area contributed by atoms with Gasteiger partial charge in [0.15, 0.2) is 0 Å². The molecule has 15 heavy (non-hydrogen) atoms. The summed E-state index contributed by atoms with van der Waals surface area (Å²) in [5.41, 5.74) is 0.226. The SMILES string of the molecule is COCCN(C=O)c1nccc(C#N)n1. The monoisotopic (exact) mass is 206 g/mol. The van der Waals surface area contributed by atoms with E-state index in [0.29, 0.717) is 19.6 Å². The molecule has 0 atom stereocenters. The minimum atomic E-state index is 0.209. The van der Waals surface area contributed by atoms with Crippen LogP contribution in [0.2, 0.25) is 0 Å². The summed E-state index contributed by atoms with van der Waals surface area (Å²) >= 11 is 0. The van der Waals surface area contributed by atoms with Crippen molar-refractivity contribution < 1.29 is 9.53 Å². The molecule has 1 amide bonds. The lowest BCUT2D eigenvalue weighted by molar-refractivity contribution is -0.107. The van der Waals surface area contributed by atoms with Crippen LogP contribution < -0.4 is 4.90 Å². The van der Waals surface area contributed by atoms with Crippen LogP contribution in [-0.4, -0.2) is 36.6 Å². The Bertz CT molecular complexity index is 375. The third-order valence-electron chi connectivity index (χ3n) is 1.68. The molecule has 0 spiro atoms. The molecule has 0 N–H and O–H groups in total. The van der Waals surface area contributed by atoms with Crippen molar-refractivity contribution in [1.82, 2.24) is 9.97 Å². The van der Waals surface area contributed by atoms with Gasteiger partial charge in [-0.1, -0.05) is 0 Å². The van der Waals surface area contributed by atoms with Gasteiger partial charge in [-0.25, -0.2) is 9.97 Å². The summed E-state index contributed by atoms with van der Waals surface area (Å²) in [6.07, 6.45) is 2.04. The number of ether oxygens (including phenoxy) is 1. The second-order valence-electron chi connectivity index (χ2n) is 2.65. The van der Waals surface area contributed by atoms with Crippen LogP contribution in [-0.2, 0) is 9.53 Å². The van der Waals surface area contributed by atoms with Crippen LogP contribution in [0.1, 0.15) is 5.69 Å². The highest BCUT2D eigenvalue weighted by molar-refractivity contribution is 5.70. The molecule has 1 rings (SSSR count). The van der Waals surface area contributed by atoms with Crippen molar-refractivity contribution in [2.45, 2.75) is 0 Å². The molecule has 0 radical (unpaired) electrons. The fourth-order valence-electron chi connectivity index (χ4n) is 0.939. The summed E-state index contributed by atoms with van der Waals surface area (Å²) in [5, 5.41) is 8.62. The summed E-state index contributed by atoms with van der Waals surface area (Å²) in [7, 11) is 1.54. The highest BCUT2D eigenvalue weighted by Gasteiger charge is 2.08. The van der Waals surface area contributed by atoms with Gasteiger partial charge in [0.25, 0.3) is 0 Å². The Morgan fingerprint density at radius 3 is 3.13 bits per heavy atom. The van der Waals surface area contributed by atoms with Gasteiger partial charge >= 0.3 is 0 Å². The van der Waals surface area contributed by atoms with E-state index in [1.807, 2.05) is 6.07 Å². The molecule has 0 aliphatic heterocycles. The van der Waals surface area contributed by atoms with Crippen LogP contribution in [0.4, 0.5) is 5.95 Å². The van der Waals surface area contributed by atoms with Crippen molar-refractivity contribution in [2.24, 2.45) is 0 Å². The molecule has 0 saturated carbocycles. The van der Waals surface area contributed by atoms with Crippen molar-refractivity contribution >= 4 is 12.4 Å². The third-order valence-corrected chi connectivity index (χ3v) is 1.68. The number of carbonyl (C=O) groups excluding carboxylic acids is 1. The Hall–Kier alpha value is -2.00. The Balaban J connectivity index is 2.82. The Morgan fingerprint density at radius 2 is 2.53 bits per heavy atom. The predicted octanol–water partition coefficient (Wildman–Crippen LogP) is -0.0425. The molecular weight excluding hydrogens is 196 g/mol. The largest absolute Gasteiger partial charge is 0.383 e. The maximum atomic E-state index is 10.7. The van der Waals surface area contributed by atoms with Gasteiger partial charge in [-0.2, -0.15) is 5.26 Å². The van der Waals surface area contributed by atoms with E-state index in [1.54, 1.807) is 0 Å². The van der Waals surface area contributed by atoms with Crippen LogP contribution >= 0.6 is 0 Å². The predicted molar refractivity (Wildman–Crippen MR) is 52.0 cm³/mol. The maximum absolute atomic E-state index is 10.7. The number of carbonyl (C=O) groups is 1. The fourth-order valence-corrected chi connectivity index (χ4v) is 0.939. The van der Waals surface area contributed by atoms with E-state index in [9.17, 15) is 4.79 Å². The zero-order valence-electron chi connectivity index (χ0n) is 8.25. The van der Waals surface area contributed by atoms with E-state index in [-0.39, 0.29) is 11.6 Å². The quantitative estimate of drug-likeness (QED) is 0.631. The number of rotatable bonds is 5. The second-order valence-corrected chi connectivity index (χ2v) is 2.65. The molecule has 0 bridgehead atoms. The summed E-state index contributed by atoms with van der Waals surface area (Å²) in [4.78, 5) is 19.8. The summed E-state index contributed by atoms with van der Waals surface area (Å²) in [5.74, 6) is 0.209. The van der Waals surface area contributed by atoms with Gasteiger partial charge in [-0.05, 0) is 6.07 Å². The molecule has 0 aliphatic rings. The number of amides is 1. The van der Waals surface area contributed by atoms with E-state index in [1.165, 1.54) is 24.3 Å². The van der Waals surface area contributed by atoms with Crippen molar-refractivity contribution in [3.05, 3.63) is 18.0 Å². The molecule has 0 unspecified atom stereocenters. The normalized spacial score (nSPS) is 9.33. The van der Waals surface area contributed by atoms with Gasteiger partial charge in [-0.3, -0.25) is 9.69 Å². The Labute approximate surface area is 87.1 Å². The standard InChI is InChI=1S/C9H10N4O2/c1-15-5-4-13(7-14)9-11-3-2-8(6-10)12-9/h2-3,7H,4-5H2,1H3. The fraction of sp³-hybridized carbons (Fsp3) is 0.333. The van der Waals surface area contributed by atoms with E-state index >= 15 is 0 Å². The van der Waals surface area contributed by atoms with E-state index in [2.05, 4.69) is 9.97 Å². The molecule has 78 valence electrons. The lowest BCUT2D eigenvalue weighted by atomic mass is 10.4. The lowest BCUT2D eigenvalue weighted by Crippen LogP contribution is -2.27. The average Bonchev–Trinajstić information content (AvgIpc) is 2.30. The minimum absolute atomic E-state index is 0.209. The van der Waals surface area contributed by atoms with Crippen LogP contribution in [0, 0.1) is 11.3 Å². The van der Waals surface area contributed by atoms with Crippen LogP contribution in [0.3, 0.4) is 0 Å². The maximum Gasteiger partial charge on any atom is 0.233 e. The summed E-state index contributed by atoms with van der Waals surface area (Å²) in [6.45, 7) is 0.744. The van der Waals surface area contributed by atoms with Crippen LogP contribution in [0.25, 0.3) is 0 Å². The van der Waals surface area contributed by atoms with Crippen molar-refractivity contribution in [1.29, 1.82) is 5.26 Å². The molecule has 6 nitrogen and oxygen atoms in total. The van der Waals surface area contributed by atoms with E-state index < -0.39 is 0 Å². The van der Waals surface area contributed by atoms with Gasteiger partial charge in [0, 0.05) is 13.3 Å². The molecule has 0 aromatic carbocycles. The van der Waals surface area contributed by atoms with Gasteiger partial charge in [0.2, 0.25) is 12.4 Å². The van der Waals surface area contributed by atoms with Crippen LogP contribution in [0.15, 0.2) is 12.3 Å². The van der Waals surface area contributed by atoms with Crippen LogP contribution in [0.5, 0.6) is 0 Å². The van der Waals surface area contributed by atoms with E-state index in [4.69, 9.17) is 10.00 Å². The average molecular weight is 206 g/mol. The first kappa shape index (κ1) is 11.1. The zero-order chi connectivity index (χ0) is 11.1. The Morgan fingerprint density at radius 1 is 1.73 bits per heavy atom. The number of nitriles is 1. The smallest absolute Gasteiger partial charge is 0.233 e.